The molecule has 1 heterocycles. The molecule has 1 fully saturated rings. The van der Waals surface area contributed by atoms with Crippen molar-refractivity contribution in [3.63, 3.8) is 0 Å². The Morgan fingerprint density at radius 2 is 1.91 bits per heavy atom. The summed E-state index contributed by atoms with van der Waals surface area (Å²) >= 11 is 12.3. The fraction of sp³-hybridized carbons (Fsp3) is 0.348. The number of carbonyl (C=O) groups is 3. The Hall–Kier alpha value is -2.77. The van der Waals surface area contributed by atoms with Gasteiger partial charge in [0, 0.05) is 42.5 Å². The third-order valence-electron chi connectivity index (χ3n) is 5.28. The van der Waals surface area contributed by atoms with Crippen molar-refractivity contribution in [3.05, 3.63) is 52.5 Å². The average molecular weight is 478 g/mol. The fourth-order valence-corrected chi connectivity index (χ4v) is 3.94. The lowest BCUT2D eigenvalue weighted by Crippen LogP contribution is -2.34. The normalized spacial score (nSPS) is 15.6. The quantitative estimate of drug-likeness (QED) is 0.616. The largest absolute Gasteiger partial charge is 0.482 e. The van der Waals surface area contributed by atoms with Crippen LogP contribution < -0.4 is 15.0 Å². The van der Waals surface area contributed by atoms with Gasteiger partial charge in [0.05, 0.1) is 10.9 Å². The maximum absolute atomic E-state index is 12.7. The molecule has 0 aromatic heterocycles. The van der Waals surface area contributed by atoms with E-state index in [1.165, 1.54) is 0 Å². The summed E-state index contributed by atoms with van der Waals surface area (Å²) in [6, 6.07) is 11.8. The first-order chi connectivity index (χ1) is 15.3. The predicted molar refractivity (Wildman–Crippen MR) is 125 cm³/mol. The van der Waals surface area contributed by atoms with E-state index in [9.17, 15) is 14.4 Å². The minimum absolute atomic E-state index is 0.112. The van der Waals surface area contributed by atoms with Gasteiger partial charge in [-0.2, -0.15) is 0 Å². The Balaban J connectivity index is 1.59. The molecule has 170 valence electrons. The smallest absolute Gasteiger partial charge is 0.260 e. The van der Waals surface area contributed by atoms with Crippen LogP contribution in [0.4, 0.5) is 11.4 Å². The highest BCUT2D eigenvalue weighted by Gasteiger charge is 2.35. The van der Waals surface area contributed by atoms with E-state index in [-0.39, 0.29) is 42.3 Å². The van der Waals surface area contributed by atoms with Crippen LogP contribution in [-0.2, 0) is 14.4 Å². The van der Waals surface area contributed by atoms with Gasteiger partial charge in [0.15, 0.2) is 6.61 Å². The summed E-state index contributed by atoms with van der Waals surface area (Å²) in [5.41, 5.74) is 1.15. The second kappa shape index (κ2) is 10.7. The van der Waals surface area contributed by atoms with Crippen molar-refractivity contribution in [1.29, 1.82) is 0 Å². The number of benzene rings is 2. The van der Waals surface area contributed by atoms with Crippen LogP contribution in [0.15, 0.2) is 42.5 Å². The summed E-state index contributed by atoms with van der Waals surface area (Å²) < 4.78 is 5.53. The first kappa shape index (κ1) is 23.9. The first-order valence-corrected chi connectivity index (χ1v) is 11.1. The van der Waals surface area contributed by atoms with E-state index >= 15 is 0 Å². The van der Waals surface area contributed by atoms with Crippen LogP contribution in [0.25, 0.3) is 0 Å². The van der Waals surface area contributed by atoms with E-state index in [0.717, 1.165) is 0 Å². The van der Waals surface area contributed by atoms with Crippen molar-refractivity contribution in [2.24, 2.45) is 5.92 Å². The molecule has 0 radical (unpaired) electrons. The molecule has 3 amide bonds. The van der Waals surface area contributed by atoms with Crippen molar-refractivity contribution in [3.8, 4) is 5.75 Å². The number of halogens is 2. The summed E-state index contributed by atoms with van der Waals surface area (Å²) in [6.45, 7) is 5.17. The molecule has 7 nitrogen and oxygen atoms in total. The van der Waals surface area contributed by atoms with E-state index < -0.39 is 5.92 Å². The zero-order valence-electron chi connectivity index (χ0n) is 17.9. The molecule has 9 heteroatoms. The second-order valence-electron chi connectivity index (χ2n) is 7.37. The zero-order chi connectivity index (χ0) is 23.3. The molecule has 1 unspecified atom stereocenters. The summed E-state index contributed by atoms with van der Waals surface area (Å²) in [6.07, 6.45) is 0.112. The lowest BCUT2D eigenvalue weighted by atomic mass is 10.1. The summed E-state index contributed by atoms with van der Waals surface area (Å²) in [4.78, 5) is 40.4. The number of carbonyl (C=O) groups excluding carboxylic acids is 3. The van der Waals surface area contributed by atoms with Gasteiger partial charge in [-0.05, 0) is 50.2 Å². The molecule has 1 aliphatic rings. The predicted octanol–water partition coefficient (Wildman–Crippen LogP) is 4.23. The maximum Gasteiger partial charge on any atom is 0.260 e. The van der Waals surface area contributed by atoms with E-state index in [0.29, 0.717) is 35.2 Å². The molecule has 2 aromatic carbocycles. The zero-order valence-corrected chi connectivity index (χ0v) is 19.4. The monoisotopic (exact) mass is 477 g/mol. The molecule has 0 spiro atoms. The van der Waals surface area contributed by atoms with Crippen molar-refractivity contribution < 1.29 is 19.1 Å². The number of likely N-dealkylation sites (N-methyl/N-ethyl adjacent to an activating group) is 1. The van der Waals surface area contributed by atoms with Gasteiger partial charge in [-0.25, -0.2) is 0 Å². The van der Waals surface area contributed by atoms with Gasteiger partial charge in [-0.1, -0.05) is 29.3 Å². The van der Waals surface area contributed by atoms with Gasteiger partial charge in [0.1, 0.15) is 5.75 Å². The average Bonchev–Trinajstić information content (AvgIpc) is 3.16. The van der Waals surface area contributed by atoms with Crippen molar-refractivity contribution in [2.75, 3.05) is 36.5 Å². The number of nitrogens with zero attached hydrogens (tertiary/aromatic N) is 2. The van der Waals surface area contributed by atoms with Crippen LogP contribution in [0.5, 0.6) is 5.75 Å². The van der Waals surface area contributed by atoms with E-state index in [1.54, 1.807) is 52.3 Å². The lowest BCUT2D eigenvalue weighted by molar-refractivity contribution is -0.133. The van der Waals surface area contributed by atoms with Gasteiger partial charge in [-0.15, -0.1) is 0 Å². The van der Waals surface area contributed by atoms with E-state index in [1.807, 2.05) is 13.8 Å². The van der Waals surface area contributed by atoms with Crippen LogP contribution in [0.1, 0.15) is 20.3 Å². The molecule has 0 saturated carbocycles. The Morgan fingerprint density at radius 1 is 1.16 bits per heavy atom. The fourth-order valence-electron chi connectivity index (χ4n) is 3.52. The molecule has 0 aliphatic carbocycles. The number of ether oxygens (including phenoxy) is 1. The highest BCUT2D eigenvalue weighted by Crippen LogP contribution is 2.30. The topological polar surface area (TPSA) is 79.0 Å². The van der Waals surface area contributed by atoms with Gasteiger partial charge in [0.2, 0.25) is 11.8 Å². The van der Waals surface area contributed by atoms with Crippen molar-refractivity contribution in [2.45, 2.75) is 20.3 Å². The van der Waals surface area contributed by atoms with E-state index in [2.05, 4.69) is 5.32 Å². The Kier molecular flexibility index (Phi) is 7.99. The van der Waals surface area contributed by atoms with Crippen molar-refractivity contribution in [1.82, 2.24) is 4.90 Å². The highest BCUT2D eigenvalue weighted by molar-refractivity contribution is 6.32. The molecule has 0 bridgehead atoms. The SMILES string of the molecule is CCN(CC)C(=O)COc1ccc(NC(=O)C2CC(=O)N(c3cccc(Cl)c3)C2)cc1Cl. The van der Waals surface area contributed by atoms with Crippen LogP contribution in [0, 0.1) is 5.92 Å². The number of hydrogen-bond donors (Lipinski definition) is 1. The molecule has 1 N–H and O–H groups in total. The Morgan fingerprint density at radius 3 is 2.56 bits per heavy atom. The third-order valence-corrected chi connectivity index (χ3v) is 5.81. The second-order valence-corrected chi connectivity index (χ2v) is 8.22. The van der Waals surface area contributed by atoms with Crippen LogP contribution in [0.2, 0.25) is 10.0 Å². The molecule has 1 aliphatic heterocycles. The lowest BCUT2D eigenvalue weighted by Gasteiger charge is -2.19. The molecule has 32 heavy (non-hydrogen) atoms. The molecular formula is C23H25Cl2N3O4. The number of hydrogen-bond acceptors (Lipinski definition) is 4. The third kappa shape index (κ3) is 5.72. The van der Waals surface area contributed by atoms with Gasteiger partial charge in [0.25, 0.3) is 5.91 Å². The number of anilines is 2. The summed E-state index contributed by atoms with van der Waals surface area (Å²) in [5.74, 6) is -0.675. The number of nitrogens with one attached hydrogen (secondary N) is 1. The first-order valence-electron chi connectivity index (χ1n) is 10.4. The Bertz CT molecular complexity index is 1010. The summed E-state index contributed by atoms with van der Waals surface area (Å²) in [7, 11) is 0. The molecule has 1 atom stereocenters. The van der Waals surface area contributed by atoms with Gasteiger partial charge < -0.3 is 19.9 Å². The minimum atomic E-state index is -0.497. The molecular weight excluding hydrogens is 453 g/mol. The standard InChI is InChI=1S/C23H25Cl2N3O4/c1-3-27(4-2)22(30)14-32-20-9-8-17(12-19(20)25)26-23(31)15-10-21(29)28(13-15)18-7-5-6-16(24)11-18/h5-9,11-12,15H,3-4,10,13-14H2,1-2H3,(H,26,31). The van der Waals surface area contributed by atoms with Crippen molar-refractivity contribution >= 4 is 52.3 Å². The van der Waals surface area contributed by atoms with Gasteiger partial charge in [-0.3, -0.25) is 14.4 Å². The van der Waals surface area contributed by atoms with Crippen LogP contribution >= 0.6 is 23.2 Å². The number of rotatable bonds is 8. The van der Waals surface area contributed by atoms with Crippen LogP contribution in [0.3, 0.4) is 0 Å². The molecule has 3 rings (SSSR count). The van der Waals surface area contributed by atoms with Gasteiger partial charge >= 0.3 is 0 Å². The highest BCUT2D eigenvalue weighted by atomic mass is 35.5. The Labute approximate surface area is 197 Å². The summed E-state index contributed by atoms with van der Waals surface area (Å²) in [5, 5.41) is 3.60. The van der Waals surface area contributed by atoms with Crippen LogP contribution in [-0.4, -0.2) is 48.9 Å². The maximum atomic E-state index is 12.7. The molecule has 2 aromatic rings. The molecule has 1 saturated heterocycles. The van der Waals surface area contributed by atoms with E-state index in [4.69, 9.17) is 27.9 Å². The number of amides is 3. The minimum Gasteiger partial charge on any atom is -0.482 e.